The Balaban J connectivity index is 1.82. The van der Waals surface area contributed by atoms with E-state index in [0.29, 0.717) is 18.1 Å². The Labute approximate surface area is 120 Å². The molecule has 2 aromatic rings. The third-order valence-electron chi connectivity index (χ3n) is 4.35. The molecule has 3 rings (SSSR count). The third-order valence-corrected chi connectivity index (χ3v) is 4.35. The maximum Gasteiger partial charge on any atom is 0.164 e. The van der Waals surface area contributed by atoms with Crippen molar-refractivity contribution in [2.75, 3.05) is 0 Å². The molecule has 1 unspecified atom stereocenters. The van der Waals surface area contributed by atoms with Crippen LogP contribution in [-0.4, -0.2) is 5.78 Å². The molecule has 0 saturated carbocycles. The molecule has 0 aromatic heterocycles. The number of aryl methyl sites for hydroxylation is 3. The number of fused-ring (bicyclic) bond motifs is 1. The maximum atomic E-state index is 12.6. The molecule has 0 N–H and O–H groups in total. The summed E-state index contributed by atoms with van der Waals surface area (Å²) in [5.41, 5.74) is 7.15. The second-order valence-electron chi connectivity index (χ2n) is 6.00. The molecule has 0 saturated heterocycles. The van der Waals surface area contributed by atoms with Gasteiger partial charge in [0.2, 0.25) is 0 Å². The van der Waals surface area contributed by atoms with Crippen LogP contribution in [0.25, 0.3) is 0 Å². The van der Waals surface area contributed by atoms with Gasteiger partial charge in [0, 0.05) is 12.0 Å². The van der Waals surface area contributed by atoms with E-state index < -0.39 is 0 Å². The van der Waals surface area contributed by atoms with E-state index in [-0.39, 0.29) is 0 Å². The number of Topliss-reactive ketones (excluding diaryl/α,β-unsaturated/α-hetero) is 1. The Morgan fingerprint density at radius 2 is 1.75 bits per heavy atom. The lowest BCUT2D eigenvalue weighted by Gasteiger charge is -2.29. The molecule has 0 aliphatic heterocycles. The second-order valence-corrected chi connectivity index (χ2v) is 6.00. The minimum atomic E-state index is 0.291. The van der Waals surface area contributed by atoms with Gasteiger partial charge in [-0.2, -0.15) is 0 Å². The average molecular weight is 264 g/mol. The fourth-order valence-corrected chi connectivity index (χ4v) is 3.49. The zero-order valence-electron chi connectivity index (χ0n) is 12.4. The van der Waals surface area contributed by atoms with Crippen LogP contribution >= 0.6 is 0 Å². The number of ketones is 1. The maximum absolute atomic E-state index is 12.6. The highest BCUT2D eigenvalue weighted by atomic mass is 16.1. The van der Waals surface area contributed by atoms with Gasteiger partial charge in [0.25, 0.3) is 0 Å². The van der Waals surface area contributed by atoms with Gasteiger partial charge in [0.1, 0.15) is 0 Å². The predicted molar refractivity (Wildman–Crippen MR) is 82.5 cm³/mol. The van der Waals surface area contributed by atoms with Crippen molar-refractivity contribution in [3.05, 3.63) is 69.8 Å². The van der Waals surface area contributed by atoms with E-state index in [2.05, 4.69) is 43.3 Å². The zero-order valence-corrected chi connectivity index (χ0v) is 12.4. The second kappa shape index (κ2) is 4.90. The van der Waals surface area contributed by atoms with Crippen molar-refractivity contribution in [2.24, 2.45) is 0 Å². The molecule has 1 nitrogen and oxygen atoms in total. The lowest BCUT2D eigenvalue weighted by Crippen LogP contribution is -2.21. The standard InChI is InChI=1S/C19H20O/c1-12-8-13(2)19(14(3)9-12)18(20)11-16-10-15-6-4-5-7-17(15)16/h4-9,16H,10-11H2,1-3H3. The van der Waals surface area contributed by atoms with Gasteiger partial charge in [-0.1, -0.05) is 42.0 Å². The lowest BCUT2D eigenvalue weighted by atomic mass is 9.74. The Morgan fingerprint density at radius 3 is 2.40 bits per heavy atom. The molecule has 1 heteroatoms. The Morgan fingerprint density at radius 1 is 1.10 bits per heavy atom. The summed E-state index contributed by atoms with van der Waals surface area (Å²) in [6.45, 7) is 6.17. The molecule has 0 radical (unpaired) electrons. The minimum Gasteiger partial charge on any atom is -0.294 e. The molecular weight excluding hydrogens is 244 g/mol. The monoisotopic (exact) mass is 264 g/mol. The van der Waals surface area contributed by atoms with Crippen LogP contribution in [0.15, 0.2) is 36.4 Å². The van der Waals surface area contributed by atoms with Crippen LogP contribution in [0, 0.1) is 20.8 Å². The summed E-state index contributed by atoms with van der Waals surface area (Å²) >= 11 is 0. The van der Waals surface area contributed by atoms with Crippen LogP contribution in [0.4, 0.5) is 0 Å². The van der Waals surface area contributed by atoms with E-state index in [0.717, 1.165) is 23.1 Å². The van der Waals surface area contributed by atoms with Crippen molar-refractivity contribution >= 4 is 5.78 Å². The largest absolute Gasteiger partial charge is 0.294 e. The number of hydrogen-bond acceptors (Lipinski definition) is 1. The van der Waals surface area contributed by atoms with Crippen LogP contribution in [0.5, 0.6) is 0 Å². The van der Waals surface area contributed by atoms with E-state index in [1.165, 1.54) is 16.7 Å². The van der Waals surface area contributed by atoms with E-state index >= 15 is 0 Å². The summed E-state index contributed by atoms with van der Waals surface area (Å²) in [5.74, 6) is 0.707. The van der Waals surface area contributed by atoms with Crippen molar-refractivity contribution in [3.8, 4) is 0 Å². The lowest BCUT2D eigenvalue weighted by molar-refractivity contribution is 0.0969. The summed E-state index contributed by atoms with van der Waals surface area (Å²) in [6.07, 6.45) is 1.69. The Kier molecular flexibility index (Phi) is 3.21. The van der Waals surface area contributed by atoms with Crippen LogP contribution in [-0.2, 0) is 6.42 Å². The molecule has 0 fully saturated rings. The SMILES string of the molecule is Cc1cc(C)c(C(=O)CC2Cc3ccccc32)c(C)c1. The van der Waals surface area contributed by atoms with Crippen LogP contribution in [0.2, 0.25) is 0 Å². The highest BCUT2D eigenvalue weighted by molar-refractivity contribution is 5.99. The summed E-state index contributed by atoms with van der Waals surface area (Å²) in [7, 11) is 0. The molecule has 1 aliphatic rings. The van der Waals surface area contributed by atoms with Gasteiger partial charge in [-0.15, -0.1) is 0 Å². The van der Waals surface area contributed by atoms with Gasteiger partial charge in [-0.05, 0) is 55.4 Å². The van der Waals surface area contributed by atoms with Crippen LogP contribution in [0.3, 0.4) is 0 Å². The van der Waals surface area contributed by atoms with Crippen molar-refractivity contribution in [1.82, 2.24) is 0 Å². The predicted octanol–water partition coefficient (Wildman–Crippen LogP) is 4.52. The third kappa shape index (κ3) is 2.18. The quantitative estimate of drug-likeness (QED) is 0.745. The fourth-order valence-electron chi connectivity index (χ4n) is 3.49. The summed E-state index contributed by atoms with van der Waals surface area (Å²) in [6, 6.07) is 12.7. The topological polar surface area (TPSA) is 17.1 Å². The summed E-state index contributed by atoms with van der Waals surface area (Å²) in [5, 5.41) is 0. The van der Waals surface area contributed by atoms with Crippen LogP contribution in [0.1, 0.15) is 50.5 Å². The van der Waals surface area contributed by atoms with Gasteiger partial charge in [0.15, 0.2) is 5.78 Å². The van der Waals surface area contributed by atoms with Crippen molar-refractivity contribution in [3.63, 3.8) is 0 Å². The van der Waals surface area contributed by atoms with Gasteiger partial charge < -0.3 is 0 Å². The van der Waals surface area contributed by atoms with Gasteiger partial charge in [0.05, 0.1) is 0 Å². The number of carbonyl (C=O) groups excluding carboxylic acids is 1. The molecular formula is C19H20O. The van der Waals surface area contributed by atoms with E-state index in [4.69, 9.17) is 0 Å². The zero-order chi connectivity index (χ0) is 14.3. The highest BCUT2D eigenvalue weighted by Gasteiger charge is 2.28. The van der Waals surface area contributed by atoms with Crippen molar-refractivity contribution in [1.29, 1.82) is 0 Å². The number of hydrogen-bond donors (Lipinski definition) is 0. The van der Waals surface area contributed by atoms with E-state index in [9.17, 15) is 4.79 Å². The van der Waals surface area contributed by atoms with Gasteiger partial charge >= 0.3 is 0 Å². The first-order valence-electron chi connectivity index (χ1n) is 7.25. The molecule has 20 heavy (non-hydrogen) atoms. The first-order chi connectivity index (χ1) is 9.56. The molecule has 2 aromatic carbocycles. The fraction of sp³-hybridized carbons (Fsp3) is 0.316. The molecule has 0 bridgehead atoms. The van der Waals surface area contributed by atoms with Crippen molar-refractivity contribution < 1.29 is 4.79 Å². The average Bonchev–Trinajstić information content (AvgIpc) is 2.34. The molecule has 1 aliphatic carbocycles. The number of benzene rings is 2. The Bertz CT molecular complexity index is 659. The molecule has 102 valence electrons. The molecule has 0 amide bonds. The number of rotatable bonds is 3. The number of carbonyl (C=O) groups is 1. The highest BCUT2D eigenvalue weighted by Crippen LogP contribution is 2.38. The van der Waals surface area contributed by atoms with Gasteiger partial charge in [-0.25, -0.2) is 0 Å². The summed E-state index contributed by atoms with van der Waals surface area (Å²) in [4.78, 5) is 12.6. The van der Waals surface area contributed by atoms with Crippen LogP contribution < -0.4 is 0 Å². The smallest absolute Gasteiger partial charge is 0.164 e. The van der Waals surface area contributed by atoms with E-state index in [1.807, 2.05) is 13.8 Å². The first-order valence-corrected chi connectivity index (χ1v) is 7.25. The minimum absolute atomic E-state index is 0.291. The summed E-state index contributed by atoms with van der Waals surface area (Å²) < 4.78 is 0. The van der Waals surface area contributed by atoms with Gasteiger partial charge in [-0.3, -0.25) is 4.79 Å². The Hall–Kier alpha value is -1.89. The molecule has 0 spiro atoms. The normalized spacial score (nSPS) is 16.4. The van der Waals surface area contributed by atoms with E-state index in [1.54, 1.807) is 0 Å². The first kappa shape index (κ1) is 13.1. The molecule has 1 atom stereocenters. The van der Waals surface area contributed by atoms with Crippen molar-refractivity contribution in [2.45, 2.75) is 39.5 Å². The molecule has 0 heterocycles.